The molecule has 0 spiro atoms. The number of nitrogens with one attached hydrogen (secondary N) is 1. The fourth-order valence-corrected chi connectivity index (χ4v) is 2.88. The Morgan fingerprint density at radius 2 is 2.00 bits per heavy atom. The van der Waals surface area contributed by atoms with E-state index in [-0.39, 0.29) is 18.4 Å². The largest absolute Gasteiger partial charge is 0.481 e. The molecule has 3 atom stereocenters. The predicted octanol–water partition coefficient (Wildman–Crippen LogP) is 2.71. The molecule has 0 heterocycles. The maximum Gasteiger partial charge on any atom is 0.317 e. The molecular formula is C15H28N2O3. The minimum Gasteiger partial charge on any atom is -0.481 e. The van der Waals surface area contributed by atoms with Gasteiger partial charge in [-0.05, 0) is 31.1 Å². The van der Waals surface area contributed by atoms with Crippen molar-refractivity contribution in [3.8, 4) is 0 Å². The number of rotatable bonds is 6. The molecule has 2 amide bonds. The van der Waals surface area contributed by atoms with Crippen molar-refractivity contribution in [1.82, 2.24) is 10.2 Å². The molecule has 1 aliphatic rings. The normalized spacial score (nSPS) is 23.9. The van der Waals surface area contributed by atoms with Gasteiger partial charge in [-0.1, -0.05) is 26.7 Å². The highest BCUT2D eigenvalue weighted by atomic mass is 16.4. The molecule has 0 aromatic rings. The van der Waals surface area contributed by atoms with Gasteiger partial charge in [0.15, 0.2) is 0 Å². The van der Waals surface area contributed by atoms with E-state index in [2.05, 4.69) is 12.2 Å². The summed E-state index contributed by atoms with van der Waals surface area (Å²) >= 11 is 0. The van der Waals surface area contributed by atoms with Crippen molar-refractivity contribution >= 4 is 12.0 Å². The summed E-state index contributed by atoms with van der Waals surface area (Å²) in [6.07, 6.45) is 5.49. The minimum atomic E-state index is -0.781. The Kier molecular flexibility index (Phi) is 6.82. The second-order valence-electron chi connectivity index (χ2n) is 6.16. The second-order valence-corrected chi connectivity index (χ2v) is 6.16. The minimum absolute atomic E-state index is 0.0362. The molecular weight excluding hydrogens is 256 g/mol. The number of carbonyl (C=O) groups is 2. The van der Waals surface area contributed by atoms with Gasteiger partial charge in [0.25, 0.3) is 0 Å². The highest BCUT2D eigenvalue weighted by Gasteiger charge is 2.27. The molecule has 20 heavy (non-hydrogen) atoms. The number of hydrogen-bond donors (Lipinski definition) is 2. The molecule has 0 radical (unpaired) electrons. The Hall–Kier alpha value is -1.26. The summed E-state index contributed by atoms with van der Waals surface area (Å²) in [6.45, 7) is 4.72. The van der Waals surface area contributed by atoms with E-state index in [4.69, 9.17) is 5.11 Å². The lowest BCUT2D eigenvalue weighted by atomic mass is 9.85. The molecule has 0 saturated heterocycles. The molecule has 3 unspecified atom stereocenters. The number of nitrogens with zero attached hydrogens (tertiary/aromatic N) is 1. The summed E-state index contributed by atoms with van der Waals surface area (Å²) in [4.78, 5) is 24.5. The molecule has 5 heteroatoms. The van der Waals surface area contributed by atoms with E-state index >= 15 is 0 Å². The summed E-state index contributed by atoms with van der Waals surface area (Å²) in [7, 11) is 1.86. The highest BCUT2D eigenvalue weighted by Crippen LogP contribution is 2.27. The van der Waals surface area contributed by atoms with E-state index in [1.54, 1.807) is 0 Å². The number of aliphatic carboxylic acids is 1. The van der Waals surface area contributed by atoms with Crippen molar-refractivity contribution < 1.29 is 14.7 Å². The maximum absolute atomic E-state index is 12.1. The first-order chi connectivity index (χ1) is 9.41. The molecule has 1 aliphatic carbocycles. The van der Waals surface area contributed by atoms with E-state index in [1.165, 1.54) is 19.3 Å². The molecule has 0 aliphatic heterocycles. The zero-order valence-electron chi connectivity index (χ0n) is 12.9. The number of hydrogen-bond acceptors (Lipinski definition) is 2. The molecule has 2 N–H and O–H groups in total. The van der Waals surface area contributed by atoms with Gasteiger partial charge in [-0.2, -0.15) is 0 Å². The molecule has 116 valence electrons. The quantitative estimate of drug-likeness (QED) is 0.788. The third-order valence-corrected chi connectivity index (χ3v) is 4.34. The second kappa shape index (κ2) is 8.12. The van der Waals surface area contributed by atoms with Crippen molar-refractivity contribution in [2.24, 2.45) is 11.8 Å². The van der Waals surface area contributed by atoms with Crippen molar-refractivity contribution in [1.29, 1.82) is 0 Å². The first-order valence-corrected chi connectivity index (χ1v) is 7.64. The van der Waals surface area contributed by atoms with Gasteiger partial charge in [0.05, 0.1) is 0 Å². The van der Waals surface area contributed by atoms with Crippen LogP contribution in [0.2, 0.25) is 0 Å². The van der Waals surface area contributed by atoms with Crippen molar-refractivity contribution in [3.63, 3.8) is 0 Å². The average Bonchev–Trinajstić information content (AvgIpc) is 2.42. The molecule has 0 aromatic heterocycles. The van der Waals surface area contributed by atoms with Crippen LogP contribution in [0.5, 0.6) is 0 Å². The van der Waals surface area contributed by atoms with E-state index < -0.39 is 5.97 Å². The van der Waals surface area contributed by atoms with Gasteiger partial charge in [-0.15, -0.1) is 0 Å². The Morgan fingerprint density at radius 1 is 1.35 bits per heavy atom. The summed E-state index contributed by atoms with van der Waals surface area (Å²) in [5, 5.41) is 11.5. The number of carbonyl (C=O) groups excluding carboxylic acids is 1. The lowest BCUT2D eigenvalue weighted by Crippen LogP contribution is -2.48. The van der Waals surface area contributed by atoms with E-state index in [0.717, 1.165) is 6.42 Å². The Labute approximate surface area is 121 Å². The van der Waals surface area contributed by atoms with E-state index in [0.29, 0.717) is 24.9 Å². The van der Waals surface area contributed by atoms with Crippen LogP contribution < -0.4 is 5.32 Å². The van der Waals surface area contributed by atoms with Crippen LogP contribution in [0.25, 0.3) is 0 Å². The third kappa shape index (κ3) is 5.39. The predicted molar refractivity (Wildman–Crippen MR) is 78.6 cm³/mol. The fourth-order valence-electron chi connectivity index (χ4n) is 2.88. The van der Waals surface area contributed by atoms with E-state index in [1.807, 2.05) is 18.9 Å². The lowest BCUT2D eigenvalue weighted by molar-refractivity contribution is -0.137. The summed E-state index contributed by atoms with van der Waals surface area (Å²) in [5.41, 5.74) is 0. The zero-order chi connectivity index (χ0) is 15.1. The average molecular weight is 284 g/mol. The monoisotopic (exact) mass is 284 g/mol. The first kappa shape index (κ1) is 16.8. The molecule has 0 aromatic carbocycles. The SMILES string of the molecule is CC(CCC(=O)O)CNC(=O)N(C)C1CCCCC1C. The van der Waals surface area contributed by atoms with Crippen LogP contribution in [0, 0.1) is 11.8 Å². The molecule has 1 rings (SSSR count). The van der Waals surface area contributed by atoms with Gasteiger partial charge in [0.2, 0.25) is 0 Å². The van der Waals surface area contributed by atoms with Gasteiger partial charge in [0, 0.05) is 26.1 Å². The molecule has 1 saturated carbocycles. The number of carboxylic acids is 1. The van der Waals surface area contributed by atoms with Gasteiger partial charge in [-0.25, -0.2) is 4.79 Å². The summed E-state index contributed by atoms with van der Waals surface area (Å²) in [6, 6.07) is 0.295. The van der Waals surface area contributed by atoms with Crippen LogP contribution >= 0.6 is 0 Å². The molecule has 1 fully saturated rings. The van der Waals surface area contributed by atoms with Crippen LogP contribution in [0.4, 0.5) is 4.79 Å². The van der Waals surface area contributed by atoms with Crippen LogP contribution in [-0.2, 0) is 4.79 Å². The van der Waals surface area contributed by atoms with Crippen molar-refractivity contribution in [3.05, 3.63) is 0 Å². The van der Waals surface area contributed by atoms with Gasteiger partial charge in [-0.3, -0.25) is 4.79 Å². The van der Waals surface area contributed by atoms with Gasteiger partial charge < -0.3 is 15.3 Å². The smallest absolute Gasteiger partial charge is 0.317 e. The van der Waals surface area contributed by atoms with E-state index in [9.17, 15) is 9.59 Å². The number of carboxylic acid groups (broad SMARTS) is 1. The van der Waals surface area contributed by atoms with Crippen LogP contribution in [0.3, 0.4) is 0 Å². The van der Waals surface area contributed by atoms with Gasteiger partial charge >= 0.3 is 12.0 Å². The zero-order valence-corrected chi connectivity index (χ0v) is 12.9. The lowest BCUT2D eigenvalue weighted by Gasteiger charge is -2.36. The third-order valence-electron chi connectivity index (χ3n) is 4.34. The number of amides is 2. The highest BCUT2D eigenvalue weighted by molar-refractivity contribution is 5.74. The Balaban J connectivity index is 2.32. The van der Waals surface area contributed by atoms with Crippen molar-refractivity contribution in [2.75, 3.05) is 13.6 Å². The van der Waals surface area contributed by atoms with Crippen LogP contribution in [0.15, 0.2) is 0 Å². The fraction of sp³-hybridized carbons (Fsp3) is 0.867. The van der Waals surface area contributed by atoms with Crippen LogP contribution in [0.1, 0.15) is 52.4 Å². The Bertz CT molecular complexity index is 333. The number of urea groups is 1. The molecule has 0 bridgehead atoms. The standard InChI is InChI=1S/C15H28N2O3/c1-11(8-9-14(18)19)10-16-15(20)17(3)13-7-5-4-6-12(13)2/h11-13H,4-10H2,1-3H3,(H,16,20)(H,18,19). The summed E-state index contributed by atoms with van der Waals surface area (Å²) in [5.74, 6) is -0.0347. The van der Waals surface area contributed by atoms with Crippen molar-refractivity contribution in [2.45, 2.75) is 58.4 Å². The van der Waals surface area contributed by atoms with Crippen LogP contribution in [-0.4, -0.2) is 41.6 Å². The molecule has 5 nitrogen and oxygen atoms in total. The maximum atomic E-state index is 12.1. The summed E-state index contributed by atoms with van der Waals surface area (Å²) < 4.78 is 0. The first-order valence-electron chi connectivity index (χ1n) is 7.64. The topological polar surface area (TPSA) is 69.6 Å². The van der Waals surface area contributed by atoms with Gasteiger partial charge in [0.1, 0.15) is 0 Å². The Morgan fingerprint density at radius 3 is 2.60 bits per heavy atom.